The second kappa shape index (κ2) is 8.69. The molecule has 0 bridgehead atoms. The van der Waals surface area contributed by atoms with Crippen LogP contribution in [0.2, 0.25) is 0 Å². The van der Waals surface area contributed by atoms with Crippen molar-refractivity contribution in [3.63, 3.8) is 0 Å². The van der Waals surface area contributed by atoms with Crippen molar-refractivity contribution in [3.05, 3.63) is 38.7 Å². The molecule has 158 valence electrons. The van der Waals surface area contributed by atoms with Crippen molar-refractivity contribution in [2.24, 2.45) is 0 Å². The third-order valence-electron chi connectivity index (χ3n) is 4.72. The quantitative estimate of drug-likeness (QED) is 0.457. The Kier molecular flexibility index (Phi) is 6.19. The lowest BCUT2D eigenvalue weighted by Crippen LogP contribution is -2.71. The predicted molar refractivity (Wildman–Crippen MR) is 118 cm³/mol. The summed E-state index contributed by atoms with van der Waals surface area (Å²) in [5.41, 5.74) is 0.701. The van der Waals surface area contributed by atoms with Gasteiger partial charge in [-0.05, 0) is 30.9 Å². The van der Waals surface area contributed by atoms with E-state index in [0.29, 0.717) is 11.3 Å². The maximum atomic E-state index is 12.8. The topological polar surface area (TPSA) is 112 Å². The Hall–Kier alpha value is -1.89. The summed E-state index contributed by atoms with van der Waals surface area (Å²) in [4.78, 5) is 39.3. The van der Waals surface area contributed by atoms with Crippen LogP contribution in [0.4, 0.5) is 0 Å². The molecule has 0 spiro atoms. The minimum atomic E-state index is -1.13. The number of amides is 2. The number of carbonyl (C=O) groups excluding carboxylic acids is 2. The zero-order valence-electron chi connectivity index (χ0n) is 16.0. The van der Waals surface area contributed by atoms with Gasteiger partial charge in [0.2, 0.25) is 5.91 Å². The highest BCUT2D eigenvalue weighted by atomic mass is 32.2. The summed E-state index contributed by atoms with van der Waals surface area (Å²) < 4.78 is 0.762. The maximum Gasteiger partial charge on any atom is 0.352 e. The van der Waals surface area contributed by atoms with Gasteiger partial charge in [-0.2, -0.15) is 0 Å². The van der Waals surface area contributed by atoms with Crippen LogP contribution in [-0.2, 0) is 20.8 Å². The lowest BCUT2D eigenvalue weighted by Gasteiger charge is -2.51. The van der Waals surface area contributed by atoms with Crippen LogP contribution in [0.3, 0.4) is 0 Å². The molecule has 1 unspecified atom stereocenters. The molecule has 2 aromatic heterocycles. The first kappa shape index (κ1) is 21.3. The Labute approximate surface area is 189 Å². The monoisotopic (exact) mass is 482 g/mol. The maximum absolute atomic E-state index is 12.8. The van der Waals surface area contributed by atoms with Crippen LogP contribution < -0.4 is 5.32 Å². The van der Waals surface area contributed by atoms with Gasteiger partial charge in [-0.1, -0.05) is 29.2 Å². The number of aryl methyl sites for hydroxylation is 1. The number of aliphatic carboxylic acids is 1. The molecule has 2 aliphatic heterocycles. The van der Waals surface area contributed by atoms with Gasteiger partial charge in [-0.25, -0.2) is 4.79 Å². The Morgan fingerprint density at radius 1 is 1.37 bits per heavy atom. The summed E-state index contributed by atoms with van der Waals surface area (Å²) in [5, 5.41) is 22.9. The average Bonchev–Trinajstić information content (AvgIpc) is 3.35. The molecular weight excluding hydrogens is 464 g/mol. The molecule has 4 heterocycles. The van der Waals surface area contributed by atoms with Crippen molar-refractivity contribution >= 4 is 64.0 Å². The van der Waals surface area contributed by atoms with Gasteiger partial charge < -0.3 is 10.4 Å². The molecule has 4 rings (SSSR count). The molecule has 0 aliphatic carbocycles. The molecule has 2 aromatic rings. The number of thiophene rings is 1. The number of rotatable bonds is 7. The zero-order chi connectivity index (χ0) is 21.4. The van der Waals surface area contributed by atoms with E-state index in [9.17, 15) is 19.5 Å². The van der Waals surface area contributed by atoms with Gasteiger partial charge in [-0.15, -0.1) is 33.3 Å². The average molecular weight is 483 g/mol. The molecule has 0 saturated carbocycles. The van der Waals surface area contributed by atoms with Gasteiger partial charge >= 0.3 is 5.97 Å². The largest absolute Gasteiger partial charge is 0.477 e. The Bertz CT molecular complexity index is 1020. The Balaban J connectivity index is 1.49. The normalized spacial score (nSPS) is 23.2. The van der Waals surface area contributed by atoms with Gasteiger partial charge in [0.15, 0.2) is 4.34 Å². The molecule has 2 aliphatic rings. The number of hydrogen-bond acceptors (Lipinski definition) is 9. The zero-order valence-corrected chi connectivity index (χ0v) is 19.3. The van der Waals surface area contributed by atoms with Gasteiger partial charge in [0.1, 0.15) is 22.1 Å². The van der Waals surface area contributed by atoms with Crippen LogP contribution in [-0.4, -0.2) is 60.4 Å². The second-order valence-corrected chi connectivity index (χ2v) is 11.6. The number of β-lactam (4-membered cyclic amide) rings is 1. The number of carbonyl (C=O) groups is 3. The molecule has 2 N–H and O–H groups in total. The van der Waals surface area contributed by atoms with Crippen LogP contribution in [0.15, 0.2) is 33.1 Å². The van der Waals surface area contributed by atoms with Crippen LogP contribution >= 0.6 is 46.2 Å². The number of hydrogen-bond donors (Lipinski definition) is 2. The van der Waals surface area contributed by atoms with Crippen LogP contribution in [0.25, 0.3) is 0 Å². The second-order valence-electron chi connectivity index (χ2n) is 6.73. The van der Waals surface area contributed by atoms with E-state index in [0.717, 1.165) is 14.2 Å². The van der Waals surface area contributed by atoms with Crippen molar-refractivity contribution in [1.29, 1.82) is 0 Å². The lowest BCUT2D eigenvalue weighted by molar-refractivity contribution is -0.150. The molecule has 8 nitrogen and oxygen atoms in total. The Morgan fingerprint density at radius 3 is 2.80 bits per heavy atom. The molecule has 1 fully saturated rings. The van der Waals surface area contributed by atoms with Crippen LogP contribution in [0, 0.1) is 6.92 Å². The highest BCUT2D eigenvalue weighted by Gasteiger charge is 2.55. The van der Waals surface area contributed by atoms with E-state index < -0.39 is 17.4 Å². The number of carboxylic acid groups (broad SMARTS) is 1. The van der Waals surface area contributed by atoms with Crippen molar-refractivity contribution in [2.75, 3.05) is 5.75 Å². The highest BCUT2D eigenvalue weighted by Crippen LogP contribution is 2.45. The fourth-order valence-corrected chi connectivity index (χ4v) is 7.52. The number of thioether (sulfide) groups is 2. The highest BCUT2D eigenvalue weighted by molar-refractivity contribution is 8.02. The number of nitrogens with one attached hydrogen (secondary N) is 1. The fourth-order valence-electron chi connectivity index (χ4n) is 3.31. The van der Waals surface area contributed by atoms with E-state index in [1.165, 1.54) is 51.1 Å². The fraction of sp³-hybridized carbons (Fsp3) is 0.389. The molecule has 0 radical (unpaired) electrons. The summed E-state index contributed by atoms with van der Waals surface area (Å²) >= 11 is 5.84. The van der Waals surface area contributed by atoms with Crippen LogP contribution in [0.1, 0.15) is 16.8 Å². The first-order valence-electron chi connectivity index (χ1n) is 9.04. The predicted octanol–water partition coefficient (Wildman–Crippen LogP) is 2.37. The molecule has 1 saturated heterocycles. The van der Waals surface area contributed by atoms with Gasteiger partial charge in [-0.3, -0.25) is 14.5 Å². The van der Waals surface area contributed by atoms with Crippen molar-refractivity contribution in [2.45, 2.75) is 41.3 Å². The number of nitrogens with zero attached hydrogens (tertiary/aromatic N) is 3. The van der Waals surface area contributed by atoms with Crippen LogP contribution in [0.5, 0.6) is 0 Å². The molecule has 2 amide bonds. The minimum absolute atomic E-state index is 0.0220. The van der Waals surface area contributed by atoms with E-state index in [-0.39, 0.29) is 29.2 Å². The molecule has 12 heteroatoms. The molecule has 0 aromatic carbocycles. The smallest absolute Gasteiger partial charge is 0.352 e. The SMILES string of the molecule is Cc1nnc(SCC2=C(C(=O)O)N3C(=O)C(NC(=O)Cc4cccs4)[C@H]3S[C@H]2C)s1. The standard InChI is InChI=1S/C18H18N4O4S4/c1-8-11(7-28-18-21-20-9(2)30-18)14(17(25)26)22-15(24)13(16(22)29-8)19-12(23)6-10-4-3-5-27-10/h3-5,8,13,16H,6-7H2,1-2H3,(H,19,23)(H,25,26)/t8-,13?,16+/m0/s1. The van der Waals surface area contributed by atoms with Gasteiger partial charge in [0.25, 0.3) is 5.91 Å². The third-order valence-corrected chi connectivity index (χ3v) is 9.07. The van der Waals surface area contributed by atoms with E-state index in [1.54, 1.807) is 0 Å². The number of carboxylic acids is 1. The van der Waals surface area contributed by atoms with Crippen molar-refractivity contribution in [3.8, 4) is 0 Å². The minimum Gasteiger partial charge on any atom is -0.477 e. The van der Waals surface area contributed by atoms with E-state index in [4.69, 9.17) is 0 Å². The molecule has 30 heavy (non-hydrogen) atoms. The Morgan fingerprint density at radius 2 is 2.17 bits per heavy atom. The third kappa shape index (κ3) is 4.13. The molecule has 3 atom stereocenters. The molecular formula is C18H18N4O4S4. The van der Waals surface area contributed by atoms with Gasteiger partial charge in [0.05, 0.1) is 6.42 Å². The lowest BCUT2D eigenvalue weighted by atomic mass is 10.0. The summed E-state index contributed by atoms with van der Waals surface area (Å²) in [6.45, 7) is 3.79. The number of aromatic nitrogens is 2. The van der Waals surface area contributed by atoms with E-state index in [1.807, 2.05) is 31.4 Å². The van der Waals surface area contributed by atoms with Crippen molar-refractivity contribution < 1.29 is 19.5 Å². The summed E-state index contributed by atoms with van der Waals surface area (Å²) in [6, 6.07) is 3.03. The number of fused-ring (bicyclic) bond motifs is 1. The van der Waals surface area contributed by atoms with Crippen molar-refractivity contribution in [1.82, 2.24) is 20.4 Å². The van der Waals surface area contributed by atoms with E-state index in [2.05, 4.69) is 15.5 Å². The summed E-state index contributed by atoms with van der Waals surface area (Å²) in [6.07, 6.45) is 0.208. The summed E-state index contributed by atoms with van der Waals surface area (Å²) in [7, 11) is 0. The first-order valence-corrected chi connectivity index (χ1v) is 12.7. The summed E-state index contributed by atoms with van der Waals surface area (Å²) in [5.74, 6) is -1.34. The van der Waals surface area contributed by atoms with Gasteiger partial charge in [0, 0.05) is 15.9 Å². The first-order chi connectivity index (χ1) is 14.3. The van der Waals surface area contributed by atoms with E-state index >= 15 is 0 Å².